The van der Waals surface area contributed by atoms with Crippen LogP contribution in [0.2, 0.25) is 0 Å². The third-order valence-corrected chi connectivity index (χ3v) is 7.00. The van der Waals surface area contributed by atoms with E-state index in [0.29, 0.717) is 24.3 Å². The van der Waals surface area contributed by atoms with Crippen molar-refractivity contribution in [3.63, 3.8) is 0 Å². The van der Waals surface area contributed by atoms with Gasteiger partial charge in [0.2, 0.25) is 5.91 Å². The SMILES string of the molecule is Cc1ccc(-c2cc(C(=O)NCCNC(=O)C3CCCCC3)c3cnn(C(C)C)c3n2)s1. The molecule has 8 heteroatoms. The van der Waals surface area contributed by atoms with E-state index in [0.717, 1.165) is 41.6 Å². The number of thiophene rings is 1. The molecule has 0 radical (unpaired) electrons. The smallest absolute Gasteiger partial charge is 0.252 e. The third kappa shape index (κ3) is 4.85. The van der Waals surface area contributed by atoms with Crippen LogP contribution in [0.25, 0.3) is 21.6 Å². The van der Waals surface area contributed by atoms with Crippen LogP contribution in [-0.2, 0) is 4.79 Å². The third-order valence-electron chi connectivity index (χ3n) is 5.98. The normalized spacial score (nSPS) is 14.8. The first-order valence-electron chi connectivity index (χ1n) is 11.4. The lowest BCUT2D eigenvalue weighted by Gasteiger charge is -2.20. The summed E-state index contributed by atoms with van der Waals surface area (Å²) in [6, 6.07) is 6.06. The van der Waals surface area contributed by atoms with E-state index >= 15 is 0 Å². The molecule has 32 heavy (non-hydrogen) atoms. The van der Waals surface area contributed by atoms with Crippen molar-refractivity contribution in [3.8, 4) is 10.6 Å². The molecule has 0 aromatic carbocycles. The Hall–Kier alpha value is -2.74. The summed E-state index contributed by atoms with van der Waals surface area (Å²) in [5, 5.41) is 11.1. The predicted molar refractivity (Wildman–Crippen MR) is 128 cm³/mol. The molecule has 3 heterocycles. The molecule has 0 saturated heterocycles. The highest BCUT2D eigenvalue weighted by molar-refractivity contribution is 7.15. The second-order valence-corrected chi connectivity index (χ2v) is 10.1. The minimum absolute atomic E-state index is 0.110. The molecule has 1 aliphatic rings. The lowest BCUT2D eigenvalue weighted by atomic mass is 9.89. The Morgan fingerprint density at radius 1 is 1.16 bits per heavy atom. The fraction of sp³-hybridized carbons (Fsp3) is 0.500. The summed E-state index contributed by atoms with van der Waals surface area (Å²) in [5.74, 6) is 0.0546. The van der Waals surface area contributed by atoms with Gasteiger partial charge in [0.05, 0.1) is 27.7 Å². The first kappa shape index (κ1) is 22.5. The molecule has 0 unspecified atom stereocenters. The Labute approximate surface area is 192 Å². The first-order valence-corrected chi connectivity index (χ1v) is 12.3. The second kappa shape index (κ2) is 9.81. The molecule has 0 atom stereocenters. The number of nitrogens with zero attached hydrogens (tertiary/aromatic N) is 3. The molecule has 0 aliphatic heterocycles. The standard InChI is InChI=1S/C24H31N5O2S/c1-15(2)29-22-19(14-27-29)18(13-20(28-22)21-10-9-16(3)32-21)24(31)26-12-11-25-23(30)17-7-5-4-6-8-17/h9-10,13-15,17H,4-8,11-12H2,1-3H3,(H,25,30)(H,26,31). The van der Waals surface area contributed by atoms with Crippen LogP contribution in [0.4, 0.5) is 0 Å². The summed E-state index contributed by atoms with van der Waals surface area (Å²) in [5.41, 5.74) is 2.04. The van der Waals surface area contributed by atoms with Crippen molar-refractivity contribution in [2.24, 2.45) is 5.92 Å². The van der Waals surface area contributed by atoms with Gasteiger partial charge in [-0.05, 0) is 51.8 Å². The van der Waals surface area contributed by atoms with Gasteiger partial charge in [-0.1, -0.05) is 19.3 Å². The molecule has 3 aromatic heterocycles. The zero-order chi connectivity index (χ0) is 22.7. The van der Waals surface area contributed by atoms with Crippen molar-refractivity contribution in [1.29, 1.82) is 0 Å². The Morgan fingerprint density at radius 2 is 1.91 bits per heavy atom. The number of aromatic nitrogens is 3. The summed E-state index contributed by atoms with van der Waals surface area (Å²) in [6.45, 7) is 6.96. The van der Waals surface area contributed by atoms with Crippen LogP contribution < -0.4 is 10.6 Å². The van der Waals surface area contributed by atoms with E-state index in [1.807, 2.05) is 30.7 Å². The minimum Gasteiger partial charge on any atom is -0.354 e. The zero-order valence-electron chi connectivity index (χ0n) is 19.0. The van der Waals surface area contributed by atoms with E-state index in [1.54, 1.807) is 17.5 Å². The first-order chi connectivity index (χ1) is 15.4. The summed E-state index contributed by atoms with van der Waals surface area (Å²) in [7, 11) is 0. The molecular formula is C24H31N5O2S. The van der Waals surface area contributed by atoms with Crippen molar-refractivity contribution in [2.75, 3.05) is 13.1 Å². The van der Waals surface area contributed by atoms with Crippen LogP contribution in [0.5, 0.6) is 0 Å². The molecule has 3 aromatic rings. The number of fused-ring (bicyclic) bond motifs is 1. The maximum absolute atomic E-state index is 13.1. The van der Waals surface area contributed by atoms with Gasteiger partial charge < -0.3 is 10.6 Å². The largest absolute Gasteiger partial charge is 0.354 e. The number of hydrogen-bond donors (Lipinski definition) is 2. The van der Waals surface area contributed by atoms with Crippen molar-refractivity contribution < 1.29 is 9.59 Å². The summed E-state index contributed by atoms with van der Waals surface area (Å²) < 4.78 is 1.85. The molecule has 4 rings (SSSR count). The number of rotatable bonds is 7. The monoisotopic (exact) mass is 453 g/mol. The van der Waals surface area contributed by atoms with E-state index in [1.165, 1.54) is 11.3 Å². The molecule has 2 amide bonds. The van der Waals surface area contributed by atoms with E-state index in [-0.39, 0.29) is 23.8 Å². The Bertz CT molecular complexity index is 1110. The minimum atomic E-state index is -0.179. The van der Waals surface area contributed by atoms with E-state index in [9.17, 15) is 9.59 Å². The molecule has 0 spiro atoms. The Kier molecular flexibility index (Phi) is 6.89. The number of pyridine rings is 1. The Balaban J connectivity index is 1.49. The average Bonchev–Trinajstić information content (AvgIpc) is 3.42. The van der Waals surface area contributed by atoms with Crippen LogP contribution in [0.3, 0.4) is 0 Å². The van der Waals surface area contributed by atoms with Crippen molar-refractivity contribution >= 4 is 34.2 Å². The number of amides is 2. The van der Waals surface area contributed by atoms with Crippen molar-refractivity contribution in [3.05, 3.63) is 34.8 Å². The number of carbonyl (C=O) groups is 2. The van der Waals surface area contributed by atoms with Crippen LogP contribution >= 0.6 is 11.3 Å². The van der Waals surface area contributed by atoms with Gasteiger partial charge in [0.25, 0.3) is 5.91 Å². The number of nitrogens with one attached hydrogen (secondary N) is 2. The molecular weight excluding hydrogens is 422 g/mol. The number of aryl methyl sites for hydroxylation is 1. The van der Waals surface area contributed by atoms with Gasteiger partial charge in [-0.25, -0.2) is 9.67 Å². The summed E-state index contributed by atoms with van der Waals surface area (Å²) in [6.07, 6.45) is 7.13. The van der Waals surface area contributed by atoms with Gasteiger partial charge in [-0.15, -0.1) is 11.3 Å². The van der Waals surface area contributed by atoms with Crippen LogP contribution in [0.1, 0.15) is 67.2 Å². The molecule has 1 aliphatic carbocycles. The number of hydrogen-bond acceptors (Lipinski definition) is 5. The number of carbonyl (C=O) groups excluding carboxylic acids is 2. The lowest BCUT2D eigenvalue weighted by molar-refractivity contribution is -0.125. The molecule has 1 saturated carbocycles. The average molecular weight is 454 g/mol. The van der Waals surface area contributed by atoms with Crippen LogP contribution in [-0.4, -0.2) is 39.7 Å². The van der Waals surface area contributed by atoms with Gasteiger partial charge >= 0.3 is 0 Å². The predicted octanol–water partition coefficient (Wildman–Crippen LogP) is 4.48. The van der Waals surface area contributed by atoms with Gasteiger partial charge in [-0.2, -0.15) is 5.10 Å². The maximum atomic E-state index is 13.1. The van der Waals surface area contributed by atoms with E-state index in [2.05, 4.69) is 28.7 Å². The van der Waals surface area contributed by atoms with E-state index in [4.69, 9.17) is 4.98 Å². The van der Waals surface area contributed by atoms with Gasteiger partial charge in [0, 0.05) is 29.9 Å². The van der Waals surface area contributed by atoms with Gasteiger partial charge in [-0.3, -0.25) is 9.59 Å². The topological polar surface area (TPSA) is 88.9 Å². The van der Waals surface area contributed by atoms with Gasteiger partial charge in [0.1, 0.15) is 0 Å². The van der Waals surface area contributed by atoms with Crippen molar-refractivity contribution in [2.45, 2.75) is 58.9 Å². The lowest BCUT2D eigenvalue weighted by Crippen LogP contribution is -2.38. The fourth-order valence-electron chi connectivity index (χ4n) is 4.25. The quantitative estimate of drug-likeness (QED) is 0.517. The maximum Gasteiger partial charge on any atom is 0.252 e. The molecule has 0 bridgehead atoms. The highest BCUT2D eigenvalue weighted by Gasteiger charge is 2.21. The molecule has 2 N–H and O–H groups in total. The summed E-state index contributed by atoms with van der Waals surface area (Å²) >= 11 is 1.65. The molecule has 7 nitrogen and oxygen atoms in total. The highest BCUT2D eigenvalue weighted by Crippen LogP contribution is 2.30. The van der Waals surface area contributed by atoms with Crippen molar-refractivity contribution in [1.82, 2.24) is 25.4 Å². The van der Waals surface area contributed by atoms with Crippen LogP contribution in [0, 0.1) is 12.8 Å². The zero-order valence-corrected chi connectivity index (χ0v) is 19.8. The van der Waals surface area contributed by atoms with E-state index < -0.39 is 0 Å². The highest BCUT2D eigenvalue weighted by atomic mass is 32.1. The second-order valence-electron chi connectivity index (χ2n) is 8.77. The Morgan fingerprint density at radius 3 is 2.59 bits per heavy atom. The summed E-state index contributed by atoms with van der Waals surface area (Å²) in [4.78, 5) is 32.4. The molecule has 170 valence electrons. The van der Waals surface area contributed by atoms with Gasteiger partial charge in [0.15, 0.2) is 5.65 Å². The fourth-order valence-corrected chi connectivity index (χ4v) is 5.08. The molecule has 1 fully saturated rings. The van der Waals surface area contributed by atoms with Crippen LogP contribution in [0.15, 0.2) is 24.4 Å².